The van der Waals surface area contributed by atoms with E-state index in [0.717, 1.165) is 0 Å². The zero-order chi connectivity index (χ0) is 18.4. The summed E-state index contributed by atoms with van der Waals surface area (Å²) in [5.74, 6) is -1.21. The number of aliphatic hydroxyl groups is 1. The Morgan fingerprint density at radius 1 is 1.32 bits per heavy atom. The summed E-state index contributed by atoms with van der Waals surface area (Å²) in [6.07, 6.45) is 1.17. The summed E-state index contributed by atoms with van der Waals surface area (Å²) >= 11 is 0. The van der Waals surface area contributed by atoms with Gasteiger partial charge < -0.3 is 26.2 Å². The van der Waals surface area contributed by atoms with Gasteiger partial charge in [-0.1, -0.05) is 6.92 Å². The van der Waals surface area contributed by atoms with E-state index in [1.807, 2.05) is 6.92 Å². The first kappa shape index (κ1) is 25.0. The van der Waals surface area contributed by atoms with Crippen LogP contribution in [0, 0.1) is 5.41 Å². The molecule has 0 aliphatic rings. The third-order valence-electron chi connectivity index (χ3n) is 1.45. The van der Waals surface area contributed by atoms with Crippen molar-refractivity contribution >= 4 is 24.6 Å². The van der Waals surface area contributed by atoms with E-state index < -0.39 is 11.4 Å². The smallest absolute Gasteiger partial charge is 0.295 e. The Morgan fingerprint density at radius 2 is 1.77 bits per heavy atom. The summed E-state index contributed by atoms with van der Waals surface area (Å²) in [6.45, 7) is 9.59. The summed E-state index contributed by atoms with van der Waals surface area (Å²) in [5, 5.41) is 20.2. The fourth-order valence-corrected chi connectivity index (χ4v) is 0.570. The van der Waals surface area contributed by atoms with Crippen LogP contribution in [0.15, 0.2) is 0 Å². The molecular weight excluding hydrogens is 292 g/mol. The van der Waals surface area contributed by atoms with Gasteiger partial charge in [0.2, 0.25) is 18.1 Å². The number of nitrogens with one attached hydrogen (secondary N) is 3. The van der Waals surface area contributed by atoms with Gasteiger partial charge in [-0.3, -0.25) is 19.8 Å². The minimum Gasteiger partial charge on any atom is -0.436 e. The minimum absolute atomic E-state index is 0.170. The maximum atomic E-state index is 10.2. The summed E-state index contributed by atoms with van der Waals surface area (Å²) < 4.78 is 4.10. The fraction of sp³-hybridized carbons (Fsp3) is 0.692. The highest BCUT2D eigenvalue weighted by Crippen LogP contribution is 1.98. The van der Waals surface area contributed by atoms with Crippen molar-refractivity contribution < 1.29 is 24.2 Å². The van der Waals surface area contributed by atoms with Crippen molar-refractivity contribution in [3.05, 3.63) is 0 Å². The molecule has 6 N–H and O–H groups in total. The van der Waals surface area contributed by atoms with Crippen LogP contribution in [0.5, 0.6) is 0 Å². The molecule has 9 heteroatoms. The van der Waals surface area contributed by atoms with E-state index in [1.54, 1.807) is 13.8 Å². The quantitative estimate of drug-likeness (QED) is 0.205. The predicted octanol–water partition coefficient (Wildman–Crippen LogP) is -0.175. The van der Waals surface area contributed by atoms with Gasteiger partial charge in [0.1, 0.15) is 0 Å². The lowest BCUT2D eigenvalue weighted by Gasteiger charge is -2.15. The van der Waals surface area contributed by atoms with Crippen molar-refractivity contribution in [2.75, 3.05) is 0 Å². The van der Waals surface area contributed by atoms with Crippen LogP contribution in [0.1, 0.15) is 48.0 Å². The van der Waals surface area contributed by atoms with E-state index in [1.165, 1.54) is 20.8 Å². The van der Waals surface area contributed by atoms with Crippen molar-refractivity contribution in [3.8, 4) is 0 Å². The molecule has 22 heavy (non-hydrogen) atoms. The minimum atomic E-state index is -1.32. The van der Waals surface area contributed by atoms with Gasteiger partial charge in [0.25, 0.3) is 6.47 Å². The Bertz CT molecular complexity index is 325. The van der Waals surface area contributed by atoms with Crippen LogP contribution in [-0.2, 0) is 19.1 Å². The standard InChI is InChI=1S/C5H10N2O.C4H10N2O.C4H8O3/c1-3-5(6)7-4(2)8;1-4(2,5)6-3-7;1-4(2,6)7-3-5/h3H2,1-2H3,(H2,6,7,8);3H,5H2,1-2H3,(H,6,7);3,6H,1-2H3. The van der Waals surface area contributed by atoms with Gasteiger partial charge >= 0.3 is 0 Å². The average molecular weight is 320 g/mol. The second-order valence-electron chi connectivity index (χ2n) is 5.16. The molecule has 0 aromatic carbocycles. The molecule has 0 bridgehead atoms. The zero-order valence-corrected chi connectivity index (χ0v) is 14.0. The lowest BCUT2D eigenvalue weighted by atomic mass is 10.3. The number of amidine groups is 1. The highest BCUT2D eigenvalue weighted by molar-refractivity contribution is 5.95. The molecule has 0 heterocycles. The van der Waals surface area contributed by atoms with Crippen LogP contribution in [0.3, 0.4) is 0 Å². The van der Waals surface area contributed by atoms with Gasteiger partial charge in [-0.05, 0) is 13.8 Å². The third kappa shape index (κ3) is 36.1. The van der Waals surface area contributed by atoms with Crippen molar-refractivity contribution in [1.29, 1.82) is 5.41 Å². The number of amides is 2. The highest BCUT2D eigenvalue weighted by atomic mass is 16.6. The number of hydrogen-bond donors (Lipinski definition) is 5. The van der Waals surface area contributed by atoms with Gasteiger partial charge in [0.15, 0.2) is 0 Å². The highest BCUT2D eigenvalue weighted by Gasteiger charge is 2.10. The van der Waals surface area contributed by atoms with E-state index in [-0.39, 0.29) is 18.2 Å². The Labute approximate surface area is 131 Å². The van der Waals surface area contributed by atoms with Crippen LogP contribution in [0.4, 0.5) is 0 Å². The van der Waals surface area contributed by atoms with Crippen molar-refractivity contribution in [3.63, 3.8) is 0 Å². The Balaban J connectivity index is -0.000000247. The van der Waals surface area contributed by atoms with E-state index >= 15 is 0 Å². The second-order valence-corrected chi connectivity index (χ2v) is 5.16. The van der Waals surface area contributed by atoms with Crippen LogP contribution in [0.25, 0.3) is 0 Å². The molecule has 0 atom stereocenters. The maximum Gasteiger partial charge on any atom is 0.295 e. The number of carbonyl (C=O) groups is 3. The monoisotopic (exact) mass is 320 g/mol. The van der Waals surface area contributed by atoms with Crippen molar-refractivity contribution in [2.24, 2.45) is 5.73 Å². The van der Waals surface area contributed by atoms with Gasteiger partial charge in [0, 0.05) is 27.2 Å². The van der Waals surface area contributed by atoms with E-state index in [2.05, 4.69) is 15.4 Å². The van der Waals surface area contributed by atoms with Gasteiger partial charge in [-0.15, -0.1) is 0 Å². The molecule has 0 aliphatic heterocycles. The van der Waals surface area contributed by atoms with Crippen molar-refractivity contribution in [1.82, 2.24) is 10.6 Å². The molecule has 0 radical (unpaired) electrons. The number of ether oxygens (including phenoxy) is 1. The largest absolute Gasteiger partial charge is 0.436 e. The number of carbonyl (C=O) groups excluding carboxylic acids is 3. The van der Waals surface area contributed by atoms with Crippen LogP contribution in [0.2, 0.25) is 0 Å². The molecule has 130 valence electrons. The third-order valence-corrected chi connectivity index (χ3v) is 1.45. The summed E-state index contributed by atoms with van der Waals surface area (Å²) in [7, 11) is 0. The molecule has 0 saturated carbocycles. The van der Waals surface area contributed by atoms with Gasteiger partial charge in [0.05, 0.1) is 11.5 Å². The molecule has 2 amide bonds. The Hall–Kier alpha value is -2.00. The Morgan fingerprint density at radius 3 is 1.82 bits per heavy atom. The number of hydrogen-bond acceptors (Lipinski definition) is 7. The van der Waals surface area contributed by atoms with Gasteiger partial charge in [-0.25, -0.2) is 0 Å². The summed E-state index contributed by atoms with van der Waals surface area (Å²) in [5.41, 5.74) is 4.74. The summed E-state index contributed by atoms with van der Waals surface area (Å²) in [4.78, 5) is 29.2. The van der Waals surface area contributed by atoms with E-state index in [9.17, 15) is 14.4 Å². The lowest BCUT2D eigenvalue weighted by molar-refractivity contribution is -0.179. The number of rotatable bonds is 5. The first-order valence-corrected chi connectivity index (χ1v) is 6.48. The topological polar surface area (TPSA) is 155 Å². The average Bonchev–Trinajstić information content (AvgIpc) is 2.26. The van der Waals surface area contributed by atoms with E-state index in [0.29, 0.717) is 12.8 Å². The molecule has 0 aromatic rings. The lowest BCUT2D eigenvalue weighted by Crippen LogP contribution is -2.46. The van der Waals surface area contributed by atoms with Crippen LogP contribution < -0.4 is 16.4 Å². The maximum absolute atomic E-state index is 10.2. The fourth-order valence-electron chi connectivity index (χ4n) is 0.570. The first-order chi connectivity index (χ1) is 9.79. The molecular formula is C13H28N4O5. The number of nitrogens with two attached hydrogens (primary N) is 1. The molecule has 0 fully saturated rings. The SMILES string of the molecule is CC(C)(N)NC=O.CC(C)(O)OC=O.CCC(=N)NC(C)=O. The molecule has 0 rings (SSSR count). The first-order valence-electron chi connectivity index (χ1n) is 6.48. The molecule has 9 nitrogen and oxygen atoms in total. The van der Waals surface area contributed by atoms with E-state index in [4.69, 9.17) is 16.2 Å². The zero-order valence-electron chi connectivity index (χ0n) is 14.0. The Kier molecular flexibility index (Phi) is 14.4. The molecule has 0 aromatic heterocycles. The van der Waals surface area contributed by atoms with Crippen molar-refractivity contribution in [2.45, 2.75) is 59.4 Å². The summed E-state index contributed by atoms with van der Waals surface area (Å²) in [6, 6.07) is 0. The predicted molar refractivity (Wildman–Crippen MR) is 82.7 cm³/mol. The molecule has 0 saturated heterocycles. The molecule has 0 unspecified atom stereocenters. The van der Waals surface area contributed by atoms with Gasteiger partial charge in [-0.2, -0.15) is 0 Å². The van der Waals surface area contributed by atoms with Crippen LogP contribution >= 0.6 is 0 Å². The second kappa shape index (κ2) is 12.7. The van der Waals surface area contributed by atoms with Crippen LogP contribution in [-0.4, -0.2) is 41.2 Å². The molecule has 0 spiro atoms. The normalized spacial score (nSPS) is 9.82. The molecule has 0 aliphatic carbocycles.